The average Bonchev–Trinajstić information content (AvgIpc) is 2.88. The molecule has 1 saturated heterocycles. The number of rotatable bonds is 4. The molecular weight excluding hydrogens is 226 g/mol. The molecule has 0 bridgehead atoms. The number of nitrogens with one attached hydrogen (secondary N) is 1. The number of amides is 1. The van der Waals surface area contributed by atoms with E-state index in [2.05, 4.69) is 10.2 Å². The van der Waals surface area contributed by atoms with E-state index in [1.807, 2.05) is 30.3 Å². The van der Waals surface area contributed by atoms with Gasteiger partial charge in [-0.2, -0.15) is 0 Å². The van der Waals surface area contributed by atoms with Gasteiger partial charge >= 0.3 is 6.17 Å². The van der Waals surface area contributed by atoms with Crippen LogP contribution in [0.3, 0.4) is 0 Å². The maximum atomic E-state index is 11.9. The largest absolute Gasteiger partial charge is 0.304 e. The Hall–Kier alpha value is -1.86. The second-order valence-corrected chi connectivity index (χ2v) is 4.43. The number of carbonyl (C=O) groups is 1. The molecule has 1 atom stereocenters. The van der Waals surface area contributed by atoms with Crippen LogP contribution in [0.5, 0.6) is 0 Å². The summed E-state index contributed by atoms with van der Waals surface area (Å²) >= 11 is 0. The van der Waals surface area contributed by atoms with E-state index in [1.165, 1.54) is 0 Å². The standard InChI is InChI=1S/C14H17N3O/c1-15-13-8-5-9-17(13)14(18)11-16-10-12-6-3-2-4-7-12/h2-4,6-7,13,16H,5,8-11H2/t13-/m0/s1. The second kappa shape index (κ2) is 6.18. The normalized spacial score (nSPS) is 18.6. The average molecular weight is 243 g/mol. The lowest BCUT2D eigenvalue weighted by Crippen LogP contribution is -2.39. The summed E-state index contributed by atoms with van der Waals surface area (Å²) in [5.74, 6) is 0.0319. The lowest BCUT2D eigenvalue weighted by molar-refractivity contribution is -0.130. The molecule has 0 radical (unpaired) electrons. The highest BCUT2D eigenvalue weighted by molar-refractivity contribution is 5.79. The highest BCUT2D eigenvalue weighted by Crippen LogP contribution is 2.17. The number of nitrogens with zero attached hydrogens (tertiary/aromatic N) is 2. The first kappa shape index (κ1) is 12.6. The molecule has 0 saturated carbocycles. The molecule has 1 amide bonds. The third-order valence-electron chi connectivity index (χ3n) is 3.14. The van der Waals surface area contributed by atoms with Crippen molar-refractivity contribution in [2.75, 3.05) is 13.1 Å². The Labute approximate surface area is 107 Å². The molecule has 18 heavy (non-hydrogen) atoms. The maximum absolute atomic E-state index is 11.9. The van der Waals surface area contributed by atoms with Crippen LogP contribution in [0.15, 0.2) is 30.3 Å². The first-order valence-corrected chi connectivity index (χ1v) is 6.22. The molecule has 1 heterocycles. The number of likely N-dealkylation sites (tertiary alicyclic amines) is 1. The van der Waals surface area contributed by atoms with E-state index < -0.39 is 0 Å². The van der Waals surface area contributed by atoms with Gasteiger partial charge in [0.2, 0.25) is 5.91 Å². The van der Waals surface area contributed by atoms with Gasteiger partial charge in [-0.3, -0.25) is 14.5 Å². The Morgan fingerprint density at radius 1 is 1.44 bits per heavy atom. The van der Waals surface area contributed by atoms with E-state index in [0.717, 1.165) is 24.9 Å². The summed E-state index contributed by atoms with van der Waals surface area (Å²) < 4.78 is 0. The number of benzene rings is 1. The molecular formula is C14H17N3O. The zero-order valence-corrected chi connectivity index (χ0v) is 10.3. The first-order chi connectivity index (χ1) is 8.81. The van der Waals surface area contributed by atoms with E-state index in [1.54, 1.807) is 4.90 Å². The van der Waals surface area contributed by atoms with E-state index >= 15 is 0 Å². The predicted molar refractivity (Wildman–Crippen MR) is 69.5 cm³/mol. The Balaban J connectivity index is 1.77. The summed E-state index contributed by atoms with van der Waals surface area (Å²) in [6.07, 6.45) is 1.52. The molecule has 4 nitrogen and oxygen atoms in total. The van der Waals surface area contributed by atoms with Crippen molar-refractivity contribution in [3.8, 4) is 0 Å². The molecule has 1 aromatic rings. The lowest BCUT2D eigenvalue weighted by Gasteiger charge is -2.16. The molecule has 1 N–H and O–H groups in total. The van der Waals surface area contributed by atoms with Crippen molar-refractivity contribution in [1.29, 1.82) is 0 Å². The first-order valence-electron chi connectivity index (χ1n) is 6.22. The molecule has 1 aliphatic rings. The van der Waals surface area contributed by atoms with E-state index in [9.17, 15) is 4.79 Å². The summed E-state index contributed by atoms with van der Waals surface area (Å²) in [4.78, 5) is 17.1. The zero-order chi connectivity index (χ0) is 12.8. The SMILES string of the molecule is [C-]#[N+][C@@H]1CCCN1C(=O)CNCc1ccccc1. The van der Waals surface area contributed by atoms with Crippen LogP contribution < -0.4 is 5.32 Å². The molecule has 4 heteroatoms. The minimum absolute atomic E-state index is 0.0319. The quantitative estimate of drug-likeness (QED) is 0.816. The number of carbonyl (C=O) groups excluding carboxylic acids is 1. The minimum Gasteiger partial charge on any atom is -0.304 e. The summed E-state index contributed by atoms with van der Waals surface area (Å²) in [6.45, 7) is 8.76. The fraction of sp³-hybridized carbons (Fsp3) is 0.429. The predicted octanol–water partition coefficient (Wildman–Crippen LogP) is 1.64. The molecule has 0 aliphatic carbocycles. The second-order valence-electron chi connectivity index (χ2n) is 4.43. The minimum atomic E-state index is -0.240. The molecule has 1 fully saturated rings. The van der Waals surface area contributed by atoms with Crippen molar-refractivity contribution >= 4 is 5.91 Å². The van der Waals surface area contributed by atoms with Crippen molar-refractivity contribution in [3.63, 3.8) is 0 Å². The van der Waals surface area contributed by atoms with Crippen LogP contribution in [0.4, 0.5) is 0 Å². The van der Waals surface area contributed by atoms with Gasteiger partial charge in [-0.15, -0.1) is 0 Å². The van der Waals surface area contributed by atoms with Crippen LogP contribution in [0.1, 0.15) is 18.4 Å². The van der Waals surface area contributed by atoms with Crippen LogP contribution in [0.2, 0.25) is 0 Å². The molecule has 94 valence electrons. The summed E-state index contributed by atoms with van der Waals surface area (Å²) in [5.41, 5.74) is 1.16. The topological polar surface area (TPSA) is 36.7 Å². The van der Waals surface area contributed by atoms with Gasteiger partial charge in [0.05, 0.1) is 6.54 Å². The van der Waals surface area contributed by atoms with E-state index in [-0.39, 0.29) is 12.1 Å². The van der Waals surface area contributed by atoms with Crippen LogP contribution in [0, 0.1) is 6.57 Å². The van der Waals surface area contributed by atoms with Crippen LogP contribution in [-0.2, 0) is 11.3 Å². The third kappa shape index (κ3) is 3.08. The fourth-order valence-electron chi connectivity index (χ4n) is 2.19. The maximum Gasteiger partial charge on any atom is 0.300 e. The highest BCUT2D eigenvalue weighted by Gasteiger charge is 2.32. The highest BCUT2D eigenvalue weighted by atomic mass is 16.2. The molecule has 1 aliphatic heterocycles. The van der Waals surface area contributed by atoms with Gasteiger partial charge in [-0.05, 0) is 12.0 Å². The van der Waals surface area contributed by atoms with Crippen molar-refractivity contribution in [3.05, 3.63) is 47.3 Å². The van der Waals surface area contributed by atoms with Gasteiger partial charge in [-0.1, -0.05) is 30.3 Å². The van der Waals surface area contributed by atoms with Crippen molar-refractivity contribution in [2.24, 2.45) is 0 Å². The monoisotopic (exact) mass is 243 g/mol. The van der Waals surface area contributed by atoms with E-state index in [4.69, 9.17) is 6.57 Å². The molecule has 2 rings (SSSR count). The summed E-state index contributed by atoms with van der Waals surface area (Å²) in [6, 6.07) is 9.98. The fourth-order valence-corrected chi connectivity index (χ4v) is 2.19. The van der Waals surface area contributed by atoms with Crippen LogP contribution in [-0.4, -0.2) is 30.1 Å². The smallest absolute Gasteiger partial charge is 0.300 e. The van der Waals surface area contributed by atoms with E-state index in [0.29, 0.717) is 13.1 Å². The molecule has 0 aromatic heterocycles. The zero-order valence-electron chi connectivity index (χ0n) is 10.3. The van der Waals surface area contributed by atoms with Gasteiger partial charge in [0.25, 0.3) is 0 Å². The molecule has 0 spiro atoms. The Bertz CT molecular complexity index is 438. The van der Waals surface area contributed by atoms with Crippen molar-refractivity contribution in [1.82, 2.24) is 10.2 Å². The van der Waals surface area contributed by atoms with Gasteiger partial charge in [0.1, 0.15) is 0 Å². The lowest BCUT2D eigenvalue weighted by atomic mass is 10.2. The number of hydrogen-bond donors (Lipinski definition) is 1. The number of hydrogen-bond acceptors (Lipinski definition) is 2. The van der Waals surface area contributed by atoms with Gasteiger partial charge in [0.15, 0.2) is 0 Å². The van der Waals surface area contributed by atoms with Crippen molar-refractivity contribution < 1.29 is 4.79 Å². The summed E-state index contributed by atoms with van der Waals surface area (Å²) in [7, 11) is 0. The summed E-state index contributed by atoms with van der Waals surface area (Å²) in [5, 5.41) is 3.13. The Kier molecular flexibility index (Phi) is 4.32. The molecule has 0 unspecified atom stereocenters. The third-order valence-corrected chi connectivity index (χ3v) is 3.14. The van der Waals surface area contributed by atoms with Gasteiger partial charge in [-0.25, -0.2) is 6.57 Å². The van der Waals surface area contributed by atoms with Crippen LogP contribution in [0.25, 0.3) is 4.85 Å². The Morgan fingerprint density at radius 3 is 2.94 bits per heavy atom. The molecule has 1 aromatic carbocycles. The van der Waals surface area contributed by atoms with Gasteiger partial charge < -0.3 is 5.32 Å². The van der Waals surface area contributed by atoms with Crippen LogP contribution >= 0.6 is 0 Å². The van der Waals surface area contributed by atoms with Crippen molar-refractivity contribution in [2.45, 2.75) is 25.6 Å². The Morgan fingerprint density at radius 2 is 2.22 bits per heavy atom. The van der Waals surface area contributed by atoms with Gasteiger partial charge in [0, 0.05) is 19.5 Å².